The second-order valence-corrected chi connectivity index (χ2v) is 7.31. The van der Waals surface area contributed by atoms with Crippen LogP contribution in [0.1, 0.15) is 16.1 Å². The Kier molecular flexibility index (Phi) is 5.81. The van der Waals surface area contributed by atoms with Gasteiger partial charge in [0.15, 0.2) is 5.76 Å². The zero-order valence-corrected chi connectivity index (χ0v) is 14.1. The zero-order chi connectivity index (χ0) is 16.9. The van der Waals surface area contributed by atoms with Gasteiger partial charge in [-0.15, -0.1) is 0 Å². The van der Waals surface area contributed by atoms with Gasteiger partial charge in [0, 0.05) is 24.7 Å². The van der Waals surface area contributed by atoms with Crippen LogP contribution >= 0.6 is 11.6 Å². The SMILES string of the molecule is CS(=O)(=O)N(CCNC(=O)c1ccco1)Cc1ccccc1Cl. The Morgan fingerprint density at radius 3 is 2.61 bits per heavy atom. The molecule has 1 amide bonds. The minimum Gasteiger partial charge on any atom is -0.459 e. The number of furan rings is 1. The molecule has 0 unspecified atom stereocenters. The van der Waals surface area contributed by atoms with E-state index in [4.69, 9.17) is 16.0 Å². The lowest BCUT2D eigenvalue weighted by Crippen LogP contribution is -2.37. The molecule has 124 valence electrons. The van der Waals surface area contributed by atoms with Crippen molar-refractivity contribution in [3.63, 3.8) is 0 Å². The first-order valence-electron chi connectivity index (χ1n) is 6.88. The molecule has 0 saturated carbocycles. The average molecular weight is 357 g/mol. The first kappa shape index (κ1) is 17.5. The fourth-order valence-corrected chi connectivity index (χ4v) is 2.96. The highest BCUT2D eigenvalue weighted by molar-refractivity contribution is 7.88. The van der Waals surface area contributed by atoms with Gasteiger partial charge in [-0.3, -0.25) is 4.79 Å². The van der Waals surface area contributed by atoms with E-state index in [-0.39, 0.29) is 31.3 Å². The van der Waals surface area contributed by atoms with E-state index >= 15 is 0 Å². The molecular formula is C15H17ClN2O4S. The third-order valence-electron chi connectivity index (χ3n) is 3.17. The normalized spacial score (nSPS) is 11.6. The number of sulfonamides is 1. The maximum atomic E-state index is 11.9. The number of nitrogens with zero attached hydrogens (tertiary/aromatic N) is 1. The number of hydrogen-bond donors (Lipinski definition) is 1. The number of amides is 1. The molecule has 0 bridgehead atoms. The fourth-order valence-electron chi connectivity index (χ4n) is 1.97. The maximum absolute atomic E-state index is 11.9. The van der Waals surface area contributed by atoms with Gasteiger partial charge < -0.3 is 9.73 Å². The largest absolute Gasteiger partial charge is 0.459 e. The van der Waals surface area contributed by atoms with E-state index in [9.17, 15) is 13.2 Å². The number of carbonyl (C=O) groups excluding carboxylic acids is 1. The average Bonchev–Trinajstić information content (AvgIpc) is 3.01. The van der Waals surface area contributed by atoms with Gasteiger partial charge in [-0.2, -0.15) is 4.31 Å². The summed E-state index contributed by atoms with van der Waals surface area (Å²) in [7, 11) is -3.43. The van der Waals surface area contributed by atoms with Crippen molar-refractivity contribution in [1.29, 1.82) is 0 Å². The van der Waals surface area contributed by atoms with Crippen molar-refractivity contribution in [2.75, 3.05) is 19.3 Å². The summed E-state index contributed by atoms with van der Waals surface area (Å²) in [5.74, 6) is -0.205. The molecule has 23 heavy (non-hydrogen) atoms. The third-order valence-corrected chi connectivity index (χ3v) is 4.78. The number of halogens is 1. The highest BCUT2D eigenvalue weighted by Crippen LogP contribution is 2.18. The quantitative estimate of drug-likeness (QED) is 0.824. The predicted octanol–water partition coefficient (Wildman–Crippen LogP) is 2.12. The summed E-state index contributed by atoms with van der Waals surface area (Å²) in [6.45, 7) is 0.447. The lowest BCUT2D eigenvalue weighted by atomic mass is 10.2. The van der Waals surface area contributed by atoms with Gasteiger partial charge in [0.05, 0.1) is 12.5 Å². The topological polar surface area (TPSA) is 79.6 Å². The highest BCUT2D eigenvalue weighted by Gasteiger charge is 2.18. The summed E-state index contributed by atoms with van der Waals surface area (Å²) < 4.78 is 30.0. The van der Waals surface area contributed by atoms with Crippen LogP contribution in [-0.2, 0) is 16.6 Å². The molecule has 2 aromatic rings. The van der Waals surface area contributed by atoms with Crippen molar-refractivity contribution >= 4 is 27.5 Å². The number of hydrogen-bond acceptors (Lipinski definition) is 4. The Labute approximate surface area is 140 Å². The van der Waals surface area contributed by atoms with Gasteiger partial charge in [0.2, 0.25) is 10.0 Å². The molecule has 0 aliphatic carbocycles. The Morgan fingerprint density at radius 1 is 1.26 bits per heavy atom. The van der Waals surface area contributed by atoms with Crippen LogP contribution in [0.5, 0.6) is 0 Å². The first-order chi connectivity index (χ1) is 10.9. The van der Waals surface area contributed by atoms with Gasteiger partial charge in [-0.05, 0) is 23.8 Å². The summed E-state index contributed by atoms with van der Waals surface area (Å²) in [6.07, 6.45) is 2.52. The van der Waals surface area contributed by atoms with Gasteiger partial charge in [0.1, 0.15) is 0 Å². The Balaban J connectivity index is 1.97. The molecule has 1 aromatic carbocycles. The molecular weight excluding hydrogens is 340 g/mol. The Bertz CT molecular complexity index is 760. The minimum absolute atomic E-state index is 0.135. The molecule has 0 fully saturated rings. The van der Waals surface area contributed by atoms with E-state index < -0.39 is 10.0 Å². The maximum Gasteiger partial charge on any atom is 0.287 e. The van der Waals surface area contributed by atoms with Crippen LogP contribution in [0.2, 0.25) is 5.02 Å². The summed E-state index contributed by atoms with van der Waals surface area (Å²) in [5.41, 5.74) is 0.706. The summed E-state index contributed by atoms with van der Waals surface area (Å²) >= 11 is 6.07. The standard InChI is InChI=1S/C15H17ClN2O4S/c1-23(20,21)18(11-12-5-2-3-6-13(12)16)9-8-17-15(19)14-7-4-10-22-14/h2-7,10H,8-9,11H2,1H3,(H,17,19). The van der Waals surface area contributed by atoms with Crippen molar-refractivity contribution in [3.05, 3.63) is 59.0 Å². The summed E-state index contributed by atoms with van der Waals surface area (Å²) in [6, 6.07) is 10.2. The second-order valence-electron chi connectivity index (χ2n) is 4.92. The van der Waals surface area contributed by atoms with E-state index in [1.165, 1.54) is 16.6 Å². The molecule has 0 aliphatic rings. The van der Waals surface area contributed by atoms with Crippen molar-refractivity contribution in [1.82, 2.24) is 9.62 Å². The zero-order valence-electron chi connectivity index (χ0n) is 12.5. The molecule has 2 rings (SSSR count). The molecule has 1 heterocycles. The lowest BCUT2D eigenvalue weighted by molar-refractivity contribution is 0.0924. The van der Waals surface area contributed by atoms with Crippen LogP contribution in [0.3, 0.4) is 0 Å². The van der Waals surface area contributed by atoms with Crippen LogP contribution < -0.4 is 5.32 Å². The van der Waals surface area contributed by atoms with Crippen molar-refractivity contribution in [2.45, 2.75) is 6.54 Å². The number of rotatable bonds is 7. The third kappa shape index (κ3) is 5.09. The monoisotopic (exact) mass is 356 g/mol. The predicted molar refractivity (Wildman–Crippen MR) is 87.7 cm³/mol. The van der Waals surface area contributed by atoms with Crippen molar-refractivity contribution in [3.8, 4) is 0 Å². The van der Waals surface area contributed by atoms with E-state index in [0.717, 1.165) is 6.26 Å². The fraction of sp³-hybridized carbons (Fsp3) is 0.267. The molecule has 0 atom stereocenters. The van der Waals surface area contributed by atoms with E-state index in [1.54, 1.807) is 30.3 Å². The molecule has 1 N–H and O–H groups in total. The van der Waals surface area contributed by atoms with Crippen LogP contribution in [0.4, 0.5) is 0 Å². The number of benzene rings is 1. The van der Waals surface area contributed by atoms with Crippen molar-refractivity contribution < 1.29 is 17.6 Å². The number of nitrogens with one attached hydrogen (secondary N) is 1. The minimum atomic E-state index is -3.43. The highest BCUT2D eigenvalue weighted by atomic mass is 35.5. The van der Waals surface area contributed by atoms with Crippen molar-refractivity contribution in [2.24, 2.45) is 0 Å². The van der Waals surface area contributed by atoms with E-state index in [1.807, 2.05) is 0 Å². The summed E-state index contributed by atoms with van der Waals surface area (Å²) in [4.78, 5) is 11.8. The molecule has 0 saturated heterocycles. The Hall–Kier alpha value is -1.83. The molecule has 0 aliphatic heterocycles. The van der Waals surface area contributed by atoms with Gasteiger partial charge in [-0.1, -0.05) is 29.8 Å². The second kappa shape index (κ2) is 7.63. The van der Waals surface area contributed by atoms with E-state index in [0.29, 0.717) is 10.6 Å². The number of carbonyl (C=O) groups is 1. The molecule has 0 spiro atoms. The Morgan fingerprint density at radius 2 is 2.00 bits per heavy atom. The smallest absolute Gasteiger partial charge is 0.287 e. The van der Waals surface area contributed by atoms with Gasteiger partial charge in [0.25, 0.3) is 5.91 Å². The molecule has 6 nitrogen and oxygen atoms in total. The molecule has 0 radical (unpaired) electrons. The summed E-state index contributed by atoms with van der Waals surface area (Å²) in [5, 5.41) is 3.12. The van der Waals surface area contributed by atoms with Gasteiger partial charge in [-0.25, -0.2) is 8.42 Å². The van der Waals surface area contributed by atoms with Crippen LogP contribution in [0.25, 0.3) is 0 Å². The van der Waals surface area contributed by atoms with Gasteiger partial charge >= 0.3 is 0 Å². The first-order valence-corrected chi connectivity index (χ1v) is 9.11. The van der Waals surface area contributed by atoms with Crippen LogP contribution in [0.15, 0.2) is 47.1 Å². The van der Waals surface area contributed by atoms with E-state index in [2.05, 4.69) is 5.32 Å². The van der Waals surface area contributed by atoms with Crippen LogP contribution in [0, 0.1) is 0 Å². The molecule has 8 heteroatoms. The van der Waals surface area contributed by atoms with Crippen LogP contribution in [-0.4, -0.2) is 38.0 Å². The lowest BCUT2D eigenvalue weighted by Gasteiger charge is -2.20. The molecule has 1 aromatic heterocycles.